The number of benzene rings is 2. The van der Waals surface area contributed by atoms with Crippen molar-refractivity contribution in [3.05, 3.63) is 94.5 Å². The van der Waals surface area contributed by atoms with Gasteiger partial charge in [0.25, 0.3) is 0 Å². The molecule has 0 aliphatic carbocycles. The molecule has 0 bridgehead atoms. The van der Waals surface area contributed by atoms with Crippen LogP contribution in [-0.4, -0.2) is 6.71 Å². The lowest BCUT2D eigenvalue weighted by Gasteiger charge is -2.20. The van der Waals surface area contributed by atoms with Crippen LogP contribution in [0.25, 0.3) is 0 Å². The largest absolute Gasteiger partial charge is 0.237 e. The molecule has 0 N–H and O–H groups in total. The summed E-state index contributed by atoms with van der Waals surface area (Å²) in [5.41, 5.74) is 10.6. The predicted molar refractivity (Wildman–Crippen MR) is 126 cm³/mol. The number of hydrogen-bond donors (Lipinski definition) is 0. The highest BCUT2D eigenvalue weighted by Gasteiger charge is 2.23. The lowest BCUT2D eigenvalue weighted by molar-refractivity contribution is 1.37. The van der Waals surface area contributed by atoms with E-state index in [1.807, 2.05) is 19.9 Å². The Morgan fingerprint density at radius 1 is 0.852 bits per heavy atom. The molecule has 0 radical (unpaired) electrons. The monoisotopic (exact) mass is 358 g/mol. The smallest absolute Gasteiger partial charge is 0.0988 e. The molecule has 1 heteroatoms. The second kappa shape index (κ2) is 10.8. The molecule has 0 saturated heterocycles. The van der Waals surface area contributed by atoms with Gasteiger partial charge in [-0.2, -0.15) is 0 Å². The van der Waals surface area contributed by atoms with Gasteiger partial charge in [-0.05, 0) is 34.6 Å². The summed E-state index contributed by atoms with van der Waals surface area (Å²) in [7, 11) is 0. The van der Waals surface area contributed by atoms with E-state index < -0.39 is 0 Å². The second-order valence-corrected chi connectivity index (χ2v) is 7.16. The fourth-order valence-electron chi connectivity index (χ4n) is 3.31. The molecule has 2 aromatic carbocycles. The van der Waals surface area contributed by atoms with Gasteiger partial charge in [-0.1, -0.05) is 126 Å². The summed E-state index contributed by atoms with van der Waals surface area (Å²) in [5, 5.41) is 0. The molecule has 0 fully saturated rings. The molecule has 0 aromatic heterocycles. The maximum atomic E-state index is 3.88. The molecule has 142 valence electrons. The quantitative estimate of drug-likeness (QED) is 0.437. The molecular weight excluding hydrogens is 323 g/mol. The van der Waals surface area contributed by atoms with Gasteiger partial charge in [0.05, 0.1) is 0 Å². The van der Waals surface area contributed by atoms with Gasteiger partial charge in [-0.3, -0.25) is 0 Å². The zero-order chi connectivity index (χ0) is 20.6. The average molecular weight is 358 g/mol. The van der Waals surface area contributed by atoms with Crippen molar-refractivity contribution in [3.63, 3.8) is 0 Å². The third-order valence-electron chi connectivity index (χ3n) is 4.97. The highest BCUT2D eigenvalue weighted by atomic mass is 14.0. The third kappa shape index (κ3) is 6.13. The van der Waals surface area contributed by atoms with Gasteiger partial charge < -0.3 is 0 Å². The summed E-state index contributed by atoms with van der Waals surface area (Å²) in [5.74, 6) is 0. The van der Waals surface area contributed by atoms with Crippen molar-refractivity contribution in [1.29, 1.82) is 0 Å². The first kappa shape index (κ1) is 22.8. The van der Waals surface area contributed by atoms with Gasteiger partial charge in [-0.25, -0.2) is 0 Å². The molecule has 2 rings (SSSR count). The van der Waals surface area contributed by atoms with Crippen LogP contribution in [-0.2, 0) is 0 Å². The zero-order valence-corrected chi connectivity index (χ0v) is 18.5. The molecule has 0 unspecified atom stereocenters. The first-order valence-corrected chi connectivity index (χ1v) is 9.95. The minimum atomic E-state index is 0.273. The summed E-state index contributed by atoms with van der Waals surface area (Å²) >= 11 is 0. The van der Waals surface area contributed by atoms with Crippen molar-refractivity contribution in [2.24, 2.45) is 0 Å². The number of rotatable bonds is 5. The molecule has 0 aliphatic heterocycles. The van der Waals surface area contributed by atoms with Crippen molar-refractivity contribution in [1.82, 2.24) is 0 Å². The minimum Gasteiger partial charge on any atom is -0.0988 e. The van der Waals surface area contributed by atoms with Crippen molar-refractivity contribution < 1.29 is 0 Å². The van der Waals surface area contributed by atoms with E-state index in [-0.39, 0.29) is 6.71 Å². The van der Waals surface area contributed by atoms with Crippen LogP contribution in [0.1, 0.15) is 51.3 Å². The van der Waals surface area contributed by atoms with Crippen molar-refractivity contribution in [2.45, 2.75) is 55.4 Å². The summed E-state index contributed by atoms with van der Waals surface area (Å²) < 4.78 is 0. The molecule has 0 spiro atoms. The van der Waals surface area contributed by atoms with Gasteiger partial charge in [-0.15, -0.1) is 0 Å². The maximum Gasteiger partial charge on any atom is 0.237 e. The second-order valence-electron chi connectivity index (χ2n) is 7.16. The normalized spacial score (nSPS) is 11.9. The maximum absolute atomic E-state index is 3.88. The summed E-state index contributed by atoms with van der Waals surface area (Å²) in [6.07, 6.45) is 4.14. The Hall–Kier alpha value is -2.28. The Labute approximate surface area is 167 Å². The predicted octanol–water partition coefficient (Wildman–Crippen LogP) is 6.25. The van der Waals surface area contributed by atoms with Crippen LogP contribution in [0.5, 0.6) is 0 Å². The highest BCUT2D eigenvalue weighted by Crippen LogP contribution is 2.15. The molecule has 0 saturated carbocycles. The molecule has 0 heterocycles. The van der Waals surface area contributed by atoms with E-state index in [2.05, 4.69) is 96.7 Å². The zero-order valence-electron chi connectivity index (χ0n) is 18.5. The Morgan fingerprint density at radius 3 is 1.93 bits per heavy atom. The average Bonchev–Trinajstić information content (AvgIpc) is 2.66. The van der Waals surface area contributed by atoms with E-state index in [4.69, 9.17) is 0 Å². The minimum absolute atomic E-state index is 0.273. The van der Waals surface area contributed by atoms with E-state index in [0.29, 0.717) is 0 Å². The van der Waals surface area contributed by atoms with Crippen LogP contribution in [0.4, 0.5) is 0 Å². The fraction of sp³-hybridized carbons (Fsp3) is 0.308. The van der Waals surface area contributed by atoms with E-state index >= 15 is 0 Å². The Balaban J connectivity index is 0.00000176. The highest BCUT2D eigenvalue weighted by molar-refractivity contribution is 6.91. The molecule has 0 atom stereocenters. The standard InChI is InChI=1S/C24H29B.C2H6/c1-8-17(2)15-20(5)22(7)25(23-12-9-18(3)10-13-23)24-14-11-19(4)16-21(24)6;1-2/h8-16H,1H2,2-7H3;1-2H3/b17-15-,22-20+;. The van der Waals surface area contributed by atoms with Gasteiger partial charge in [0.2, 0.25) is 6.71 Å². The number of allylic oxidation sites excluding steroid dienone is 5. The number of hydrogen-bond acceptors (Lipinski definition) is 0. The first-order chi connectivity index (χ1) is 12.8. The lowest BCUT2D eigenvalue weighted by atomic mass is 9.35. The Morgan fingerprint density at radius 2 is 1.41 bits per heavy atom. The van der Waals surface area contributed by atoms with Crippen molar-refractivity contribution in [3.8, 4) is 0 Å². The van der Waals surface area contributed by atoms with Gasteiger partial charge in [0.1, 0.15) is 0 Å². The van der Waals surface area contributed by atoms with Crippen LogP contribution in [0, 0.1) is 20.8 Å². The van der Waals surface area contributed by atoms with Crippen LogP contribution < -0.4 is 10.9 Å². The van der Waals surface area contributed by atoms with Gasteiger partial charge in [0.15, 0.2) is 0 Å². The van der Waals surface area contributed by atoms with Gasteiger partial charge >= 0.3 is 0 Å². The van der Waals surface area contributed by atoms with Crippen molar-refractivity contribution >= 4 is 17.6 Å². The Kier molecular flexibility index (Phi) is 9.08. The topological polar surface area (TPSA) is 0 Å². The fourth-order valence-corrected chi connectivity index (χ4v) is 3.31. The Bertz CT molecular complexity index is 820. The first-order valence-electron chi connectivity index (χ1n) is 9.95. The van der Waals surface area contributed by atoms with E-state index in [0.717, 1.165) is 0 Å². The van der Waals surface area contributed by atoms with E-state index in [9.17, 15) is 0 Å². The van der Waals surface area contributed by atoms with Crippen LogP contribution in [0.2, 0.25) is 0 Å². The van der Waals surface area contributed by atoms with Crippen molar-refractivity contribution in [2.75, 3.05) is 0 Å². The SMILES string of the molecule is C=C/C(C)=C\C(C)=C(/C)B(c1ccc(C)cc1)c1ccc(C)cc1C.CC. The molecule has 2 aromatic rings. The van der Waals surface area contributed by atoms with Crippen LogP contribution >= 0.6 is 0 Å². The van der Waals surface area contributed by atoms with E-state index in [1.54, 1.807) is 0 Å². The number of aryl methyl sites for hydroxylation is 3. The molecule has 0 amide bonds. The molecule has 27 heavy (non-hydrogen) atoms. The summed E-state index contributed by atoms with van der Waals surface area (Å²) in [6, 6.07) is 15.7. The summed E-state index contributed by atoms with van der Waals surface area (Å²) in [4.78, 5) is 0. The third-order valence-corrected chi connectivity index (χ3v) is 4.97. The van der Waals surface area contributed by atoms with Gasteiger partial charge in [0, 0.05) is 0 Å². The van der Waals surface area contributed by atoms with Crippen LogP contribution in [0.15, 0.2) is 77.8 Å². The summed E-state index contributed by atoms with van der Waals surface area (Å²) in [6.45, 7) is 21.2. The molecule has 0 aliphatic rings. The van der Waals surface area contributed by atoms with Crippen LogP contribution in [0.3, 0.4) is 0 Å². The molecule has 0 nitrogen and oxygen atoms in total. The van der Waals surface area contributed by atoms with E-state index in [1.165, 1.54) is 44.2 Å². The lowest BCUT2D eigenvalue weighted by Crippen LogP contribution is -2.45. The molecular formula is C26H35B.